The molecule has 4 N–H and O–H groups in total. The van der Waals surface area contributed by atoms with Crippen molar-refractivity contribution < 1.29 is 19.0 Å². The van der Waals surface area contributed by atoms with E-state index in [1.165, 1.54) is 6.21 Å². The van der Waals surface area contributed by atoms with Gasteiger partial charge in [-0.05, 0) is 6.42 Å². The molecule has 0 saturated carbocycles. The number of hydrogen-bond donors (Lipinski definition) is 2. The number of aliphatic imine (C=N–C) groups is 1. The Kier molecular flexibility index (Phi) is 4.24. The smallest absolute Gasteiger partial charge is 0.339 e. The quantitative estimate of drug-likeness (QED) is 0.416. The maximum atomic E-state index is 12.1. The minimum absolute atomic E-state index is 0.126. The van der Waals surface area contributed by atoms with Gasteiger partial charge in [-0.1, -0.05) is 13.0 Å². The first-order chi connectivity index (χ1) is 9.47. The maximum absolute atomic E-state index is 12.1. The highest BCUT2D eigenvalue weighted by Gasteiger charge is 2.64. The van der Waals surface area contributed by atoms with Gasteiger partial charge in [0.25, 0.3) is 0 Å². The van der Waals surface area contributed by atoms with Gasteiger partial charge >= 0.3 is 5.97 Å². The highest BCUT2D eigenvalue weighted by molar-refractivity contribution is 6.09. The number of esters is 1. The van der Waals surface area contributed by atoms with Gasteiger partial charge in [-0.2, -0.15) is 0 Å². The maximum Gasteiger partial charge on any atom is 0.339 e. The SMILES string of the molecule is CC/C=C(\C=NC)C(=O)O[C@@H]1CO[C@]2(N)CCO[C@]12N. The Balaban J connectivity index is 2.11. The lowest BCUT2D eigenvalue weighted by Crippen LogP contribution is -2.65. The second kappa shape index (κ2) is 5.61. The van der Waals surface area contributed by atoms with Crippen molar-refractivity contribution in [3.63, 3.8) is 0 Å². The molecule has 0 aliphatic carbocycles. The Morgan fingerprint density at radius 1 is 1.50 bits per heavy atom. The Morgan fingerprint density at radius 3 is 2.90 bits per heavy atom. The molecule has 2 heterocycles. The molecule has 2 fully saturated rings. The third-order valence-corrected chi connectivity index (χ3v) is 3.62. The molecule has 0 radical (unpaired) electrons. The van der Waals surface area contributed by atoms with Crippen LogP contribution in [0.4, 0.5) is 0 Å². The molecule has 2 saturated heterocycles. The zero-order valence-corrected chi connectivity index (χ0v) is 11.8. The van der Waals surface area contributed by atoms with Crippen molar-refractivity contribution in [2.75, 3.05) is 20.3 Å². The molecule has 0 aromatic rings. The summed E-state index contributed by atoms with van der Waals surface area (Å²) in [7, 11) is 1.59. The summed E-state index contributed by atoms with van der Waals surface area (Å²) in [4.78, 5) is 16.0. The molecule has 112 valence electrons. The molecule has 2 rings (SSSR count). The van der Waals surface area contributed by atoms with Crippen LogP contribution >= 0.6 is 0 Å². The summed E-state index contributed by atoms with van der Waals surface area (Å²) in [5.74, 6) is -0.504. The first kappa shape index (κ1) is 15.1. The lowest BCUT2D eigenvalue weighted by Gasteiger charge is -2.33. The van der Waals surface area contributed by atoms with Gasteiger partial charge in [0.2, 0.25) is 0 Å². The second-order valence-corrected chi connectivity index (χ2v) is 4.94. The van der Waals surface area contributed by atoms with Crippen LogP contribution in [-0.4, -0.2) is 50.0 Å². The summed E-state index contributed by atoms with van der Waals surface area (Å²) in [5.41, 5.74) is 10.2. The number of allylic oxidation sites excluding steroid dienone is 1. The monoisotopic (exact) mass is 283 g/mol. The summed E-state index contributed by atoms with van der Waals surface area (Å²) in [6.07, 6.45) is 3.64. The Morgan fingerprint density at radius 2 is 2.25 bits per heavy atom. The van der Waals surface area contributed by atoms with Crippen LogP contribution in [0.5, 0.6) is 0 Å². The molecular formula is C13H21N3O4. The van der Waals surface area contributed by atoms with Gasteiger partial charge in [-0.3, -0.25) is 16.5 Å². The average molecular weight is 283 g/mol. The van der Waals surface area contributed by atoms with E-state index in [4.69, 9.17) is 25.7 Å². The minimum atomic E-state index is -1.29. The fourth-order valence-electron chi connectivity index (χ4n) is 2.45. The van der Waals surface area contributed by atoms with E-state index in [0.29, 0.717) is 25.0 Å². The van der Waals surface area contributed by atoms with Crippen LogP contribution in [-0.2, 0) is 19.0 Å². The van der Waals surface area contributed by atoms with E-state index in [0.717, 1.165) is 0 Å². The first-order valence-electron chi connectivity index (χ1n) is 6.66. The van der Waals surface area contributed by atoms with Crippen LogP contribution < -0.4 is 11.5 Å². The van der Waals surface area contributed by atoms with Crippen LogP contribution in [0, 0.1) is 0 Å². The van der Waals surface area contributed by atoms with Gasteiger partial charge in [0.1, 0.15) is 0 Å². The fraction of sp³-hybridized carbons (Fsp3) is 0.692. The summed E-state index contributed by atoms with van der Waals surface area (Å²) in [6, 6.07) is 0. The summed E-state index contributed by atoms with van der Waals surface area (Å²) in [6.45, 7) is 2.43. The minimum Gasteiger partial charge on any atom is -0.452 e. The molecule has 7 heteroatoms. The summed E-state index contributed by atoms with van der Waals surface area (Å²) >= 11 is 0. The number of carbonyl (C=O) groups is 1. The summed E-state index contributed by atoms with van der Waals surface area (Å²) < 4.78 is 16.4. The lowest BCUT2D eigenvalue weighted by molar-refractivity contribution is -0.160. The molecule has 7 nitrogen and oxygen atoms in total. The van der Waals surface area contributed by atoms with Gasteiger partial charge in [0.05, 0.1) is 18.8 Å². The molecule has 0 spiro atoms. The number of carbonyl (C=O) groups excluding carboxylic acids is 1. The number of nitrogens with zero attached hydrogens (tertiary/aromatic N) is 1. The van der Waals surface area contributed by atoms with E-state index in [2.05, 4.69) is 4.99 Å². The van der Waals surface area contributed by atoms with E-state index in [-0.39, 0.29) is 6.61 Å². The van der Waals surface area contributed by atoms with Crippen LogP contribution in [0.2, 0.25) is 0 Å². The fourth-order valence-corrected chi connectivity index (χ4v) is 2.45. The third-order valence-electron chi connectivity index (χ3n) is 3.62. The van der Waals surface area contributed by atoms with Crippen molar-refractivity contribution in [1.82, 2.24) is 0 Å². The summed E-state index contributed by atoms with van der Waals surface area (Å²) in [5, 5.41) is 0. The number of rotatable bonds is 4. The van der Waals surface area contributed by atoms with Crippen molar-refractivity contribution in [1.29, 1.82) is 0 Å². The van der Waals surface area contributed by atoms with Gasteiger partial charge in [0.15, 0.2) is 17.6 Å². The highest BCUT2D eigenvalue weighted by Crippen LogP contribution is 2.40. The first-order valence-corrected chi connectivity index (χ1v) is 6.66. The van der Waals surface area contributed by atoms with Gasteiger partial charge in [-0.25, -0.2) is 4.79 Å². The van der Waals surface area contributed by atoms with Gasteiger partial charge in [-0.15, -0.1) is 0 Å². The number of nitrogens with two attached hydrogens (primary N) is 2. The van der Waals surface area contributed by atoms with Crippen LogP contribution in [0.3, 0.4) is 0 Å². The predicted molar refractivity (Wildman–Crippen MR) is 73.0 cm³/mol. The molecule has 0 aromatic heterocycles. The van der Waals surface area contributed by atoms with Crippen LogP contribution in [0.25, 0.3) is 0 Å². The highest BCUT2D eigenvalue weighted by atomic mass is 16.7. The molecule has 0 amide bonds. The van der Waals surface area contributed by atoms with Crippen molar-refractivity contribution in [2.45, 2.75) is 37.3 Å². The van der Waals surface area contributed by atoms with E-state index < -0.39 is 23.5 Å². The predicted octanol–water partition coefficient (Wildman–Crippen LogP) is -0.304. The lowest BCUT2D eigenvalue weighted by atomic mass is 9.98. The zero-order chi connectivity index (χ0) is 14.8. The largest absolute Gasteiger partial charge is 0.452 e. The Hall–Kier alpha value is -1.28. The topological polar surface area (TPSA) is 109 Å². The molecule has 0 aromatic carbocycles. The molecular weight excluding hydrogens is 262 g/mol. The molecule has 3 atom stereocenters. The van der Waals surface area contributed by atoms with E-state index in [1.807, 2.05) is 6.92 Å². The van der Waals surface area contributed by atoms with E-state index >= 15 is 0 Å². The van der Waals surface area contributed by atoms with Crippen molar-refractivity contribution in [3.05, 3.63) is 11.6 Å². The molecule has 0 bridgehead atoms. The normalized spacial score (nSPS) is 37.4. The Labute approximate surface area is 117 Å². The van der Waals surface area contributed by atoms with Crippen molar-refractivity contribution >= 4 is 12.2 Å². The van der Waals surface area contributed by atoms with E-state index in [9.17, 15) is 4.79 Å². The van der Waals surface area contributed by atoms with Gasteiger partial charge in [0, 0.05) is 19.7 Å². The van der Waals surface area contributed by atoms with Crippen molar-refractivity contribution in [2.24, 2.45) is 16.5 Å². The number of fused-ring (bicyclic) bond motifs is 1. The van der Waals surface area contributed by atoms with Crippen LogP contribution in [0.1, 0.15) is 19.8 Å². The molecule has 0 unspecified atom stereocenters. The third kappa shape index (κ3) is 2.37. The molecule has 2 aliphatic rings. The molecule has 20 heavy (non-hydrogen) atoms. The van der Waals surface area contributed by atoms with E-state index in [1.54, 1.807) is 13.1 Å². The number of hydrogen-bond acceptors (Lipinski definition) is 7. The zero-order valence-electron chi connectivity index (χ0n) is 11.8. The molecule has 2 aliphatic heterocycles. The van der Waals surface area contributed by atoms with Crippen molar-refractivity contribution in [3.8, 4) is 0 Å². The van der Waals surface area contributed by atoms with Gasteiger partial charge < -0.3 is 14.2 Å². The standard InChI is InChI=1S/C13H21N3O4/c1-3-4-9(7-16-2)11(17)20-10-8-19-12(14)5-6-18-13(10,12)15/h4,7,10H,3,5-6,8,14-15H2,1-2H3/b9-4+,16-7?/t10-,12-,13-/m1/s1. The number of ether oxygens (including phenoxy) is 3. The second-order valence-electron chi connectivity index (χ2n) is 4.94. The average Bonchev–Trinajstić information content (AvgIpc) is 2.82. The van der Waals surface area contributed by atoms with Crippen LogP contribution in [0.15, 0.2) is 16.6 Å². The Bertz CT molecular complexity index is 451.